The standard InChI is InChI=1S/C18H20N2OS/c21-20-12-16-18(15-9-5-2-6-10-15)22-13-19(16)17(20)11-14-7-3-1-4-8-14/h1-10,16-18,20H,11-13H2/p+1. The Balaban J connectivity index is 1.53. The van der Waals surface area contributed by atoms with Gasteiger partial charge in [0.05, 0.1) is 11.7 Å². The lowest BCUT2D eigenvalue weighted by Gasteiger charge is -2.25. The molecule has 22 heavy (non-hydrogen) atoms. The molecule has 0 amide bonds. The summed E-state index contributed by atoms with van der Waals surface area (Å²) in [6.07, 6.45) is 1.03. The molecule has 3 nitrogen and oxygen atoms in total. The fourth-order valence-corrected chi connectivity index (χ4v) is 5.47. The van der Waals surface area contributed by atoms with Crippen molar-refractivity contribution in [2.24, 2.45) is 0 Å². The van der Waals surface area contributed by atoms with Gasteiger partial charge in [0.2, 0.25) is 6.17 Å². The number of rotatable bonds is 3. The van der Waals surface area contributed by atoms with Gasteiger partial charge in [-0.3, -0.25) is 4.90 Å². The Hall–Kier alpha value is -1.33. The average Bonchev–Trinajstić information content (AvgIpc) is 3.09. The van der Waals surface area contributed by atoms with E-state index < -0.39 is 0 Å². The van der Waals surface area contributed by atoms with Gasteiger partial charge >= 0.3 is 0 Å². The second kappa shape index (κ2) is 6.05. The largest absolute Gasteiger partial charge is 0.630 e. The summed E-state index contributed by atoms with van der Waals surface area (Å²) in [6, 6.07) is 21.6. The minimum absolute atomic E-state index is 0.147. The molecular weight excluding hydrogens is 292 g/mol. The van der Waals surface area contributed by atoms with Gasteiger partial charge in [0.15, 0.2) is 6.04 Å². The van der Waals surface area contributed by atoms with Gasteiger partial charge in [0.1, 0.15) is 12.4 Å². The highest BCUT2D eigenvalue weighted by atomic mass is 32.2. The summed E-state index contributed by atoms with van der Waals surface area (Å²) in [5, 5.41) is 13.5. The van der Waals surface area contributed by atoms with Crippen molar-refractivity contribution in [3.8, 4) is 0 Å². The lowest BCUT2D eigenvalue weighted by molar-refractivity contribution is -1.04. The van der Waals surface area contributed by atoms with Crippen LogP contribution in [0.4, 0.5) is 0 Å². The smallest absolute Gasteiger partial charge is 0.218 e. The topological polar surface area (TPSA) is 31.9 Å². The second-order valence-corrected chi connectivity index (χ2v) is 7.37. The van der Waals surface area contributed by atoms with E-state index >= 15 is 0 Å². The summed E-state index contributed by atoms with van der Waals surface area (Å²) in [5.41, 5.74) is 2.66. The third-order valence-electron chi connectivity index (χ3n) is 4.94. The molecule has 2 N–H and O–H groups in total. The molecule has 4 heteroatoms. The van der Waals surface area contributed by atoms with Crippen LogP contribution in [0.5, 0.6) is 0 Å². The highest BCUT2D eigenvalue weighted by Crippen LogP contribution is 2.34. The Morgan fingerprint density at radius 2 is 1.68 bits per heavy atom. The number of fused-ring (bicyclic) bond motifs is 1. The number of thioether (sulfide) groups is 1. The Morgan fingerprint density at radius 1 is 1.00 bits per heavy atom. The van der Waals surface area contributed by atoms with Gasteiger partial charge in [-0.15, -0.1) is 0 Å². The van der Waals surface area contributed by atoms with Crippen LogP contribution in [0.15, 0.2) is 60.7 Å². The predicted octanol–water partition coefficient (Wildman–Crippen LogP) is 0.651. The molecule has 2 aromatic rings. The summed E-state index contributed by atoms with van der Waals surface area (Å²) in [5.74, 6) is 1.05. The Morgan fingerprint density at radius 3 is 2.41 bits per heavy atom. The van der Waals surface area contributed by atoms with E-state index in [-0.39, 0.29) is 6.17 Å². The summed E-state index contributed by atoms with van der Waals surface area (Å²) in [6.45, 7) is 0.736. The van der Waals surface area contributed by atoms with Crippen molar-refractivity contribution in [1.82, 2.24) is 0 Å². The maximum Gasteiger partial charge on any atom is 0.218 e. The van der Waals surface area contributed by atoms with Crippen molar-refractivity contribution in [2.45, 2.75) is 23.9 Å². The minimum Gasteiger partial charge on any atom is -0.630 e. The number of nitrogens with one attached hydrogen (secondary N) is 2. The van der Waals surface area contributed by atoms with Crippen LogP contribution in [0.2, 0.25) is 0 Å². The molecule has 0 spiro atoms. The quantitative estimate of drug-likeness (QED) is 0.816. The van der Waals surface area contributed by atoms with E-state index in [1.54, 1.807) is 0 Å². The molecule has 5 unspecified atom stereocenters. The molecule has 4 rings (SSSR count). The first-order valence-corrected chi connectivity index (χ1v) is 8.96. The Bertz CT molecular complexity index is 619. The highest BCUT2D eigenvalue weighted by Gasteiger charge is 2.52. The SMILES string of the molecule is [O-][NH+]1CC2C(c3ccccc3)SC[NH+]2C1Cc1ccccc1. The molecule has 0 aliphatic carbocycles. The molecule has 0 radical (unpaired) electrons. The number of hydrogen-bond acceptors (Lipinski definition) is 2. The van der Waals surface area contributed by atoms with Crippen molar-refractivity contribution in [2.75, 3.05) is 12.4 Å². The fraction of sp³-hybridized carbons (Fsp3) is 0.333. The number of benzene rings is 2. The number of hydroxylamine groups is 2. The zero-order chi connectivity index (χ0) is 14.9. The van der Waals surface area contributed by atoms with Gasteiger partial charge in [-0.25, -0.2) is 0 Å². The lowest BCUT2D eigenvalue weighted by Crippen LogP contribution is -3.27. The van der Waals surface area contributed by atoms with E-state index in [4.69, 9.17) is 0 Å². The van der Waals surface area contributed by atoms with E-state index in [1.165, 1.54) is 16.0 Å². The fourth-order valence-electron chi connectivity index (χ4n) is 3.83. The van der Waals surface area contributed by atoms with Crippen molar-refractivity contribution >= 4 is 11.8 Å². The van der Waals surface area contributed by atoms with Gasteiger partial charge in [0.25, 0.3) is 0 Å². The minimum atomic E-state index is 0.147. The first-order valence-electron chi connectivity index (χ1n) is 7.92. The van der Waals surface area contributed by atoms with Crippen molar-refractivity contribution in [1.29, 1.82) is 0 Å². The molecule has 2 heterocycles. The van der Waals surface area contributed by atoms with Gasteiger partial charge in [-0.1, -0.05) is 72.4 Å². The molecule has 0 bridgehead atoms. The van der Waals surface area contributed by atoms with E-state index in [1.807, 2.05) is 17.8 Å². The van der Waals surface area contributed by atoms with Gasteiger partial charge in [0, 0.05) is 0 Å². The maximum atomic E-state index is 12.5. The van der Waals surface area contributed by atoms with Crippen LogP contribution < -0.4 is 9.96 Å². The summed E-state index contributed by atoms with van der Waals surface area (Å²) in [7, 11) is 0. The van der Waals surface area contributed by atoms with Crippen molar-refractivity contribution in [3.05, 3.63) is 77.0 Å². The normalized spacial score (nSPS) is 33.8. The van der Waals surface area contributed by atoms with E-state index in [0.717, 1.165) is 18.8 Å². The van der Waals surface area contributed by atoms with Crippen LogP contribution in [0.1, 0.15) is 16.4 Å². The first-order chi connectivity index (χ1) is 10.8. The van der Waals surface area contributed by atoms with Gasteiger partial charge < -0.3 is 10.3 Å². The molecule has 2 aromatic carbocycles. The van der Waals surface area contributed by atoms with E-state index in [9.17, 15) is 5.21 Å². The summed E-state index contributed by atoms with van der Waals surface area (Å²) < 4.78 is 0. The van der Waals surface area contributed by atoms with E-state index in [0.29, 0.717) is 16.4 Å². The second-order valence-electron chi connectivity index (χ2n) is 6.24. The summed E-state index contributed by atoms with van der Waals surface area (Å²) in [4.78, 5) is 1.49. The molecule has 114 valence electrons. The molecule has 2 saturated heterocycles. The first kappa shape index (κ1) is 14.3. The summed E-state index contributed by atoms with van der Waals surface area (Å²) >= 11 is 2.01. The Kier molecular flexibility index (Phi) is 3.92. The van der Waals surface area contributed by atoms with Gasteiger partial charge in [-0.2, -0.15) is 0 Å². The van der Waals surface area contributed by atoms with Crippen LogP contribution in [0.3, 0.4) is 0 Å². The average molecular weight is 313 g/mol. The number of quaternary nitrogens is 2. The van der Waals surface area contributed by atoms with Crippen molar-refractivity contribution in [3.63, 3.8) is 0 Å². The third kappa shape index (κ3) is 2.57. The van der Waals surface area contributed by atoms with Gasteiger partial charge in [-0.05, 0) is 11.1 Å². The molecule has 5 atom stereocenters. The van der Waals surface area contributed by atoms with Crippen LogP contribution in [0.25, 0.3) is 0 Å². The van der Waals surface area contributed by atoms with E-state index in [2.05, 4.69) is 54.6 Å². The monoisotopic (exact) mass is 313 g/mol. The molecule has 2 aliphatic heterocycles. The van der Waals surface area contributed by atoms with Crippen LogP contribution >= 0.6 is 11.8 Å². The van der Waals surface area contributed by atoms with Crippen LogP contribution in [-0.4, -0.2) is 24.6 Å². The molecular formula is C18H21N2OS+. The molecule has 2 fully saturated rings. The van der Waals surface area contributed by atoms with Crippen molar-refractivity contribution < 1.29 is 9.96 Å². The lowest BCUT2D eigenvalue weighted by atomic mass is 10.1. The van der Waals surface area contributed by atoms with Crippen LogP contribution in [-0.2, 0) is 6.42 Å². The Labute approximate surface area is 135 Å². The predicted molar refractivity (Wildman–Crippen MR) is 89.5 cm³/mol. The highest BCUT2D eigenvalue weighted by molar-refractivity contribution is 7.99. The third-order valence-corrected chi connectivity index (χ3v) is 6.40. The maximum absolute atomic E-state index is 12.5. The van der Waals surface area contributed by atoms with Crippen LogP contribution in [0, 0.1) is 5.21 Å². The molecule has 0 aromatic heterocycles. The number of hydrogen-bond donors (Lipinski definition) is 2. The molecule has 2 aliphatic rings. The zero-order valence-electron chi connectivity index (χ0n) is 12.4. The molecule has 0 saturated carbocycles. The zero-order valence-corrected chi connectivity index (χ0v) is 13.3.